The maximum Gasteiger partial charge on any atom is 0.251 e. The lowest BCUT2D eigenvalue weighted by atomic mass is 10.1. The first kappa shape index (κ1) is 26.7. The Hall–Kier alpha value is -3.32. The van der Waals surface area contributed by atoms with E-state index in [0.29, 0.717) is 18.7 Å². The fourth-order valence-corrected chi connectivity index (χ4v) is 4.78. The number of unbranched alkanes of at least 4 members (excludes halogenated alkanes) is 3. The normalized spacial score (nSPS) is 11.0. The number of hydrogen-bond acceptors (Lipinski definition) is 4. The van der Waals surface area contributed by atoms with E-state index >= 15 is 0 Å². The first-order chi connectivity index (χ1) is 18.2. The number of benzene rings is 3. The van der Waals surface area contributed by atoms with Crippen molar-refractivity contribution in [3.63, 3.8) is 0 Å². The van der Waals surface area contributed by atoms with Crippen molar-refractivity contribution in [1.82, 2.24) is 14.9 Å². The van der Waals surface area contributed by atoms with Gasteiger partial charge in [-0.2, -0.15) is 0 Å². The predicted molar refractivity (Wildman–Crippen MR) is 151 cm³/mol. The van der Waals surface area contributed by atoms with Crippen LogP contribution in [0.1, 0.15) is 48.3 Å². The Morgan fingerprint density at radius 3 is 2.57 bits per heavy atom. The van der Waals surface area contributed by atoms with Crippen LogP contribution in [-0.4, -0.2) is 35.7 Å². The summed E-state index contributed by atoms with van der Waals surface area (Å²) in [6, 6.07) is 23.5. The zero-order valence-electron chi connectivity index (χ0n) is 21.3. The van der Waals surface area contributed by atoms with E-state index < -0.39 is 0 Å². The summed E-state index contributed by atoms with van der Waals surface area (Å²) in [5.74, 6) is 2.65. The molecule has 7 heteroatoms. The summed E-state index contributed by atoms with van der Waals surface area (Å²) in [5.41, 5.74) is 2.91. The van der Waals surface area contributed by atoms with Crippen LogP contribution in [0.3, 0.4) is 0 Å². The number of hydrogen-bond donors (Lipinski definition) is 1. The summed E-state index contributed by atoms with van der Waals surface area (Å²) in [6.45, 7) is 2.23. The number of fused-ring (bicyclic) bond motifs is 1. The highest BCUT2D eigenvalue weighted by Gasteiger charge is 2.11. The minimum atomic E-state index is -0.0298. The Balaban J connectivity index is 1.22. The topological polar surface area (TPSA) is 65.4 Å². The number of para-hydroxylation sites is 4. The summed E-state index contributed by atoms with van der Waals surface area (Å²) in [6.07, 6.45) is 5.89. The summed E-state index contributed by atoms with van der Waals surface area (Å²) in [7, 11) is 1.66. The van der Waals surface area contributed by atoms with Crippen molar-refractivity contribution < 1.29 is 14.3 Å². The number of nitrogens with one attached hydrogen (secondary N) is 1. The first-order valence-corrected chi connectivity index (χ1v) is 13.7. The molecule has 194 valence electrons. The van der Waals surface area contributed by atoms with Gasteiger partial charge in [0.1, 0.15) is 5.82 Å². The smallest absolute Gasteiger partial charge is 0.251 e. The van der Waals surface area contributed by atoms with Crippen LogP contribution in [0.15, 0.2) is 77.3 Å². The number of rotatable bonds is 14. The molecule has 6 nitrogen and oxygen atoms in total. The zero-order chi connectivity index (χ0) is 25.9. The lowest BCUT2D eigenvalue weighted by Gasteiger charge is -2.12. The van der Waals surface area contributed by atoms with Gasteiger partial charge >= 0.3 is 0 Å². The van der Waals surface area contributed by atoms with Crippen LogP contribution in [0, 0.1) is 0 Å². The maximum absolute atomic E-state index is 12.3. The maximum atomic E-state index is 12.3. The number of ether oxygens (including phenoxy) is 2. The van der Waals surface area contributed by atoms with Crippen LogP contribution in [0.5, 0.6) is 11.5 Å². The molecule has 0 aliphatic heterocycles. The SMILES string of the molecule is COc1ccccc1OCCCCn1c(CCCCCNC(=O)c2cccc(Br)c2)nc2ccccc21. The summed E-state index contributed by atoms with van der Waals surface area (Å²) < 4.78 is 14.6. The van der Waals surface area contributed by atoms with Crippen LogP contribution in [0.4, 0.5) is 0 Å². The highest BCUT2D eigenvalue weighted by Crippen LogP contribution is 2.26. The van der Waals surface area contributed by atoms with Crippen molar-refractivity contribution in [2.24, 2.45) is 0 Å². The van der Waals surface area contributed by atoms with Crippen molar-refractivity contribution in [1.29, 1.82) is 0 Å². The molecular formula is C30H34BrN3O3. The molecule has 1 aromatic heterocycles. The second kappa shape index (κ2) is 13.8. The first-order valence-electron chi connectivity index (χ1n) is 12.9. The van der Waals surface area contributed by atoms with Crippen molar-refractivity contribution in [3.8, 4) is 11.5 Å². The van der Waals surface area contributed by atoms with Gasteiger partial charge in [-0.05, 0) is 68.1 Å². The molecule has 0 aliphatic rings. The summed E-state index contributed by atoms with van der Waals surface area (Å²) in [4.78, 5) is 17.2. The average Bonchev–Trinajstić information content (AvgIpc) is 3.27. The summed E-state index contributed by atoms with van der Waals surface area (Å²) in [5, 5.41) is 3.02. The largest absolute Gasteiger partial charge is 0.493 e. The molecular weight excluding hydrogens is 530 g/mol. The molecule has 4 aromatic rings. The van der Waals surface area contributed by atoms with E-state index in [1.807, 2.05) is 54.6 Å². The monoisotopic (exact) mass is 563 g/mol. The van der Waals surface area contributed by atoms with E-state index in [-0.39, 0.29) is 5.91 Å². The van der Waals surface area contributed by atoms with Gasteiger partial charge in [0.25, 0.3) is 5.91 Å². The number of carbonyl (C=O) groups excluding carboxylic acids is 1. The van der Waals surface area contributed by atoms with Crippen LogP contribution in [-0.2, 0) is 13.0 Å². The van der Waals surface area contributed by atoms with Crippen LogP contribution in [0.25, 0.3) is 11.0 Å². The lowest BCUT2D eigenvalue weighted by Crippen LogP contribution is -2.24. The molecule has 0 bridgehead atoms. The molecule has 4 rings (SSSR count). The number of imidazole rings is 1. The molecule has 37 heavy (non-hydrogen) atoms. The number of methoxy groups -OCH3 is 1. The van der Waals surface area contributed by atoms with Crippen LogP contribution >= 0.6 is 15.9 Å². The minimum Gasteiger partial charge on any atom is -0.493 e. The van der Waals surface area contributed by atoms with Crippen LogP contribution < -0.4 is 14.8 Å². The van der Waals surface area contributed by atoms with Gasteiger partial charge in [0.05, 0.1) is 24.8 Å². The fraction of sp³-hybridized carbons (Fsp3) is 0.333. The molecule has 1 amide bonds. The van der Waals surface area contributed by atoms with Gasteiger partial charge in [0.15, 0.2) is 11.5 Å². The number of halogens is 1. The Bertz CT molecular complexity index is 1300. The van der Waals surface area contributed by atoms with E-state index in [9.17, 15) is 4.79 Å². The third kappa shape index (κ3) is 7.59. The van der Waals surface area contributed by atoms with Crippen molar-refractivity contribution in [2.75, 3.05) is 20.3 Å². The van der Waals surface area contributed by atoms with E-state index in [4.69, 9.17) is 14.5 Å². The van der Waals surface area contributed by atoms with Crippen LogP contribution in [0.2, 0.25) is 0 Å². The second-order valence-electron chi connectivity index (χ2n) is 8.95. The quantitative estimate of drug-likeness (QED) is 0.171. The molecule has 1 N–H and O–H groups in total. The molecule has 0 fully saturated rings. The standard InChI is InChI=1S/C30H34BrN3O3/c1-36-27-16-6-7-17-28(27)37-21-10-9-20-34-26-15-5-4-14-25(26)33-29(34)18-3-2-8-19-32-30(35)23-12-11-13-24(31)22-23/h4-7,11-17,22H,2-3,8-10,18-21H2,1H3,(H,32,35). The molecule has 0 radical (unpaired) electrons. The van der Waals surface area contributed by atoms with E-state index in [2.05, 4.69) is 44.0 Å². The van der Waals surface area contributed by atoms with E-state index in [1.54, 1.807) is 7.11 Å². The molecule has 0 saturated carbocycles. The van der Waals surface area contributed by atoms with Gasteiger partial charge in [-0.3, -0.25) is 4.79 Å². The molecule has 0 spiro atoms. The number of carbonyl (C=O) groups is 1. The van der Waals surface area contributed by atoms with Gasteiger partial charge in [-0.1, -0.05) is 52.7 Å². The van der Waals surface area contributed by atoms with Gasteiger partial charge in [0, 0.05) is 29.5 Å². The number of aryl methyl sites for hydroxylation is 2. The van der Waals surface area contributed by atoms with Crippen molar-refractivity contribution in [3.05, 3.63) is 88.7 Å². The molecule has 1 heterocycles. The Morgan fingerprint density at radius 2 is 1.73 bits per heavy atom. The lowest BCUT2D eigenvalue weighted by molar-refractivity contribution is 0.0953. The molecule has 0 saturated heterocycles. The van der Waals surface area contributed by atoms with E-state index in [1.165, 1.54) is 5.52 Å². The third-order valence-corrected chi connectivity index (χ3v) is 6.78. The summed E-state index contributed by atoms with van der Waals surface area (Å²) >= 11 is 3.41. The van der Waals surface area contributed by atoms with Gasteiger partial charge in [-0.25, -0.2) is 4.98 Å². The van der Waals surface area contributed by atoms with Crippen molar-refractivity contribution in [2.45, 2.75) is 45.1 Å². The molecule has 0 atom stereocenters. The Morgan fingerprint density at radius 1 is 0.919 bits per heavy atom. The average molecular weight is 565 g/mol. The zero-order valence-corrected chi connectivity index (χ0v) is 22.9. The number of amides is 1. The minimum absolute atomic E-state index is 0.0298. The van der Waals surface area contributed by atoms with Gasteiger partial charge < -0.3 is 19.4 Å². The molecule has 0 aliphatic carbocycles. The van der Waals surface area contributed by atoms with Crippen molar-refractivity contribution >= 4 is 32.9 Å². The number of aromatic nitrogens is 2. The van der Waals surface area contributed by atoms with Gasteiger partial charge in [-0.15, -0.1) is 0 Å². The fourth-order valence-electron chi connectivity index (χ4n) is 4.38. The Labute approximate surface area is 227 Å². The van der Waals surface area contributed by atoms with E-state index in [0.717, 1.165) is 72.4 Å². The predicted octanol–water partition coefficient (Wildman–Crippen LogP) is 6.81. The molecule has 3 aromatic carbocycles. The number of nitrogens with zero attached hydrogens (tertiary/aromatic N) is 2. The highest BCUT2D eigenvalue weighted by molar-refractivity contribution is 9.10. The highest BCUT2D eigenvalue weighted by atomic mass is 79.9. The molecule has 0 unspecified atom stereocenters. The van der Waals surface area contributed by atoms with Gasteiger partial charge in [0.2, 0.25) is 0 Å². The Kier molecular flexibility index (Phi) is 10.0. The third-order valence-electron chi connectivity index (χ3n) is 6.29. The second-order valence-corrected chi connectivity index (χ2v) is 9.87.